The maximum absolute atomic E-state index is 5.01. The van der Waals surface area contributed by atoms with Crippen LogP contribution in [0.3, 0.4) is 0 Å². The number of benzene rings is 1. The van der Waals surface area contributed by atoms with Crippen LogP contribution in [0, 0.1) is 0 Å². The van der Waals surface area contributed by atoms with Gasteiger partial charge in [0, 0.05) is 42.7 Å². The average molecular weight is 302 g/mol. The van der Waals surface area contributed by atoms with E-state index in [9.17, 15) is 0 Å². The molecule has 4 heteroatoms. The van der Waals surface area contributed by atoms with Gasteiger partial charge in [0.15, 0.2) is 0 Å². The maximum Gasteiger partial charge on any atom is 0.0587 e. The van der Waals surface area contributed by atoms with Crippen molar-refractivity contribution in [2.24, 2.45) is 0 Å². The topological polar surface area (TPSA) is 34.1 Å². The van der Waals surface area contributed by atoms with Gasteiger partial charge >= 0.3 is 0 Å². The molecule has 0 saturated carbocycles. The summed E-state index contributed by atoms with van der Waals surface area (Å²) in [4.78, 5) is 5.65. The van der Waals surface area contributed by atoms with Gasteiger partial charge in [0.25, 0.3) is 0 Å². The maximum atomic E-state index is 5.01. The van der Waals surface area contributed by atoms with Crippen molar-refractivity contribution in [1.82, 2.24) is 10.3 Å². The predicted octanol–water partition coefficient (Wildman–Crippen LogP) is 3.15. The molecule has 112 valence electrons. The number of methoxy groups -OCH3 is 1. The van der Waals surface area contributed by atoms with Crippen molar-refractivity contribution in [3.8, 4) is 0 Å². The van der Waals surface area contributed by atoms with Gasteiger partial charge in [0.05, 0.1) is 6.61 Å². The number of aryl methyl sites for hydroxylation is 1. The lowest BCUT2D eigenvalue weighted by atomic mass is 10.2. The molecule has 2 aromatic rings. The van der Waals surface area contributed by atoms with Crippen LogP contribution in [0.4, 0.5) is 0 Å². The molecule has 0 aliphatic rings. The Hall–Kier alpha value is -1.36. The first kappa shape index (κ1) is 16.0. The summed E-state index contributed by atoms with van der Waals surface area (Å²) in [5.41, 5.74) is 2.46. The molecule has 0 aliphatic carbocycles. The van der Waals surface area contributed by atoms with Crippen molar-refractivity contribution in [1.29, 1.82) is 0 Å². The van der Waals surface area contributed by atoms with Crippen molar-refractivity contribution in [3.05, 3.63) is 59.9 Å². The first-order valence-corrected chi connectivity index (χ1v) is 8.18. The van der Waals surface area contributed by atoms with E-state index in [1.165, 1.54) is 10.5 Å². The van der Waals surface area contributed by atoms with Crippen LogP contribution in [0.25, 0.3) is 0 Å². The van der Waals surface area contributed by atoms with Crippen LogP contribution < -0.4 is 5.32 Å². The minimum atomic E-state index is 0.751. The van der Waals surface area contributed by atoms with E-state index in [-0.39, 0.29) is 0 Å². The van der Waals surface area contributed by atoms with Crippen LogP contribution in [-0.4, -0.2) is 31.0 Å². The fourth-order valence-electron chi connectivity index (χ4n) is 1.93. The van der Waals surface area contributed by atoms with E-state index < -0.39 is 0 Å². The van der Waals surface area contributed by atoms with E-state index in [1.54, 1.807) is 7.11 Å². The number of nitrogens with zero attached hydrogens (tertiary/aromatic N) is 1. The van der Waals surface area contributed by atoms with Gasteiger partial charge < -0.3 is 10.1 Å². The summed E-state index contributed by atoms with van der Waals surface area (Å²) in [5, 5.41) is 3.35. The number of rotatable bonds is 9. The third-order valence-electron chi connectivity index (χ3n) is 3.09. The molecule has 0 bridgehead atoms. The Bertz CT molecular complexity index is 502. The molecule has 1 aromatic heterocycles. The van der Waals surface area contributed by atoms with Crippen molar-refractivity contribution < 1.29 is 4.74 Å². The molecule has 0 amide bonds. The summed E-state index contributed by atoms with van der Waals surface area (Å²) in [5.74, 6) is 1.06. The molecule has 2 rings (SSSR count). The van der Waals surface area contributed by atoms with Gasteiger partial charge in [0.1, 0.15) is 0 Å². The molecular formula is C17H22N2OS. The zero-order chi connectivity index (χ0) is 14.8. The lowest BCUT2D eigenvalue weighted by Crippen LogP contribution is -2.18. The SMILES string of the molecule is COCCNCc1ccc(SCCc2ccccn2)cc1. The van der Waals surface area contributed by atoms with Gasteiger partial charge in [-0.05, 0) is 36.2 Å². The minimum absolute atomic E-state index is 0.751. The number of nitrogens with one attached hydrogen (secondary N) is 1. The first-order valence-electron chi connectivity index (χ1n) is 7.20. The molecule has 0 atom stereocenters. The fraction of sp³-hybridized carbons (Fsp3) is 0.353. The monoisotopic (exact) mass is 302 g/mol. The van der Waals surface area contributed by atoms with E-state index in [0.717, 1.165) is 37.6 Å². The smallest absolute Gasteiger partial charge is 0.0587 e. The molecule has 0 unspecified atom stereocenters. The summed E-state index contributed by atoms with van der Waals surface area (Å²) in [6, 6.07) is 14.8. The van der Waals surface area contributed by atoms with Crippen LogP contribution in [0.2, 0.25) is 0 Å². The summed E-state index contributed by atoms with van der Waals surface area (Å²) in [7, 11) is 1.72. The van der Waals surface area contributed by atoms with Crippen LogP contribution in [-0.2, 0) is 17.7 Å². The van der Waals surface area contributed by atoms with Crippen LogP contribution in [0.1, 0.15) is 11.3 Å². The fourth-order valence-corrected chi connectivity index (χ4v) is 2.81. The molecule has 0 radical (unpaired) electrons. The van der Waals surface area contributed by atoms with Gasteiger partial charge in [-0.25, -0.2) is 0 Å². The zero-order valence-corrected chi connectivity index (χ0v) is 13.2. The average Bonchev–Trinajstić information content (AvgIpc) is 2.54. The second-order valence-corrected chi connectivity index (χ2v) is 5.90. The van der Waals surface area contributed by atoms with Crippen LogP contribution in [0.15, 0.2) is 53.6 Å². The highest BCUT2D eigenvalue weighted by molar-refractivity contribution is 7.99. The highest BCUT2D eigenvalue weighted by atomic mass is 32.2. The number of ether oxygens (including phenoxy) is 1. The van der Waals surface area contributed by atoms with Crippen molar-refractivity contribution in [3.63, 3.8) is 0 Å². The molecule has 0 spiro atoms. The molecule has 0 saturated heterocycles. The molecule has 0 fully saturated rings. The molecule has 0 aliphatic heterocycles. The van der Waals surface area contributed by atoms with Crippen LogP contribution in [0.5, 0.6) is 0 Å². The standard InChI is InChI=1S/C17H22N2OS/c1-20-12-11-18-14-15-5-7-17(8-6-15)21-13-9-16-4-2-3-10-19-16/h2-8,10,18H,9,11-14H2,1H3. The summed E-state index contributed by atoms with van der Waals surface area (Å²) < 4.78 is 5.01. The van der Waals surface area contributed by atoms with Crippen molar-refractivity contribution >= 4 is 11.8 Å². The molecule has 1 N–H and O–H groups in total. The number of hydrogen-bond donors (Lipinski definition) is 1. The van der Waals surface area contributed by atoms with E-state index in [1.807, 2.05) is 30.1 Å². The van der Waals surface area contributed by atoms with E-state index in [0.29, 0.717) is 0 Å². The third kappa shape index (κ3) is 6.29. The van der Waals surface area contributed by atoms with E-state index >= 15 is 0 Å². The minimum Gasteiger partial charge on any atom is -0.383 e. The Morgan fingerprint density at radius 1 is 1.14 bits per heavy atom. The normalized spacial score (nSPS) is 10.7. The van der Waals surface area contributed by atoms with Gasteiger partial charge in [-0.2, -0.15) is 0 Å². The molecular weight excluding hydrogens is 280 g/mol. The Morgan fingerprint density at radius 2 is 2.00 bits per heavy atom. The second kappa shape index (κ2) is 9.55. The Balaban J connectivity index is 1.69. The van der Waals surface area contributed by atoms with Crippen LogP contribution >= 0.6 is 11.8 Å². The summed E-state index contributed by atoms with van der Waals surface area (Å²) in [6.07, 6.45) is 2.86. The highest BCUT2D eigenvalue weighted by Gasteiger charge is 1.98. The molecule has 1 heterocycles. The Kier molecular flexibility index (Phi) is 7.29. The number of thioether (sulfide) groups is 1. The highest BCUT2D eigenvalue weighted by Crippen LogP contribution is 2.19. The van der Waals surface area contributed by atoms with Crippen molar-refractivity contribution in [2.75, 3.05) is 26.0 Å². The van der Waals surface area contributed by atoms with Gasteiger partial charge in [-0.15, -0.1) is 11.8 Å². The molecule has 21 heavy (non-hydrogen) atoms. The molecule has 1 aromatic carbocycles. The van der Waals surface area contributed by atoms with Gasteiger partial charge in [-0.1, -0.05) is 18.2 Å². The molecule has 3 nitrogen and oxygen atoms in total. The first-order chi connectivity index (χ1) is 10.4. The quantitative estimate of drug-likeness (QED) is 0.570. The largest absolute Gasteiger partial charge is 0.383 e. The second-order valence-electron chi connectivity index (χ2n) is 4.73. The number of hydrogen-bond acceptors (Lipinski definition) is 4. The van der Waals surface area contributed by atoms with E-state index in [2.05, 4.69) is 40.6 Å². The lowest BCUT2D eigenvalue weighted by Gasteiger charge is -2.06. The summed E-state index contributed by atoms with van der Waals surface area (Å²) in [6.45, 7) is 2.53. The van der Waals surface area contributed by atoms with Gasteiger partial charge in [-0.3, -0.25) is 4.98 Å². The Morgan fingerprint density at radius 3 is 2.71 bits per heavy atom. The van der Waals surface area contributed by atoms with Crippen molar-refractivity contribution in [2.45, 2.75) is 17.9 Å². The lowest BCUT2D eigenvalue weighted by molar-refractivity contribution is 0.199. The Labute approximate surface area is 131 Å². The third-order valence-corrected chi connectivity index (χ3v) is 4.10. The number of pyridine rings is 1. The summed E-state index contributed by atoms with van der Waals surface area (Å²) >= 11 is 1.88. The zero-order valence-electron chi connectivity index (χ0n) is 12.4. The van der Waals surface area contributed by atoms with Gasteiger partial charge in [0.2, 0.25) is 0 Å². The van der Waals surface area contributed by atoms with E-state index in [4.69, 9.17) is 4.74 Å². The predicted molar refractivity (Wildman–Crippen MR) is 88.7 cm³/mol. The number of aromatic nitrogens is 1.